The molecule has 1 aliphatic rings. The van der Waals surface area contributed by atoms with E-state index in [1.54, 1.807) is 25.1 Å². The molecular formula is C19H18N4O6. The van der Waals surface area contributed by atoms with Crippen LogP contribution in [0.15, 0.2) is 36.0 Å². The molecule has 0 unspecified atom stereocenters. The summed E-state index contributed by atoms with van der Waals surface area (Å²) in [6.45, 7) is 3.14. The summed E-state index contributed by atoms with van der Waals surface area (Å²) in [6.07, 6.45) is 1.51. The van der Waals surface area contributed by atoms with Crippen molar-refractivity contribution in [3.05, 3.63) is 63.1 Å². The maximum atomic E-state index is 12.4. The number of urea groups is 1. The molecule has 10 nitrogen and oxygen atoms in total. The van der Waals surface area contributed by atoms with E-state index in [-0.39, 0.29) is 11.4 Å². The highest BCUT2D eigenvalue weighted by molar-refractivity contribution is 6.15. The number of methoxy groups -OCH3 is 1. The number of rotatable bonds is 5. The predicted octanol–water partition coefficient (Wildman–Crippen LogP) is 2.07. The predicted molar refractivity (Wildman–Crippen MR) is 102 cm³/mol. The summed E-state index contributed by atoms with van der Waals surface area (Å²) in [4.78, 5) is 47.2. The molecule has 150 valence electrons. The number of nitro groups is 1. The molecule has 0 aliphatic carbocycles. The van der Waals surface area contributed by atoms with Crippen molar-refractivity contribution in [3.8, 4) is 5.69 Å². The first-order valence-corrected chi connectivity index (χ1v) is 8.58. The van der Waals surface area contributed by atoms with E-state index in [1.807, 2.05) is 11.5 Å². The number of hydrogen-bond acceptors (Lipinski definition) is 6. The number of ether oxygens (including phenoxy) is 1. The minimum atomic E-state index is -0.710. The summed E-state index contributed by atoms with van der Waals surface area (Å²) in [5.74, 6) is -1.35. The zero-order valence-electron chi connectivity index (χ0n) is 16.0. The van der Waals surface area contributed by atoms with Crippen molar-refractivity contribution in [1.82, 2.24) is 14.8 Å². The second-order valence-electron chi connectivity index (χ2n) is 6.39. The highest BCUT2D eigenvalue weighted by Crippen LogP contribution is 2.26. The van der Waals surface area contributed by atoms with Gasteiger partial charge in [-0.05, 0) is 37.6 Å². The zero-order chi connectivity index (χ0) is 21.3. The molecule has 0 radical (unpaired) electrons. The number of amides is 3. The van der Waals surface area contributed by atoms with E-state index in [4.69, 9.17) is 0 Å². The van der Waals surface area contributed by atoms with Gasteiger partial charge in [-0.3, -0.25) is 19.7 Å². The maximum absolute atomic E-state index is 12.4. The molecule has 3 amide bonds. The van der Waals surface area contributed by atoms with Crippen molar-refractivity contribution in [2.45, 2.75) is 13.8 Å². The molecule has 2 heterocycles. The molecule has 0 bridgehead atoms. The van der Waals surface area contributed by atoms with Gasteiger partial charge in [0.15, 0.2) is 0 Å². The number of nitro benzene ring substituents is 1. The van der Waals surface area contributed by atoms with Gasteiger partial charge in [-0.25, -0.2) is 9.69 Å². The number of carbonyl (C=O) groups is 3. The third kappa shape index (κ3) is 3.72. The van der Waals surface area contributed by atoms with Crippen LogP contribution in [0.4, 0.5) is 10.5 Å². The highest BCUT2D eigenvalue weighted by atomic mass is 16.6. The summed E-state index contributed by atoms with van der Waals surface area (Å²) >= 11 is 0. The van der Waals surface area contributed by atoms with Crippen LogP contribution in [0.3, 0.4) is 0 Å². The quantitative estimate of drug-likeness (QED) is 0.270. The molecule has 1 aromatic heterocycles. The van der Waals surface area contributed by atoms with E-state index >= 15 is 0 Å². The van der Waals surface area contributed by atoms with Gasteiger partial charge in [-0.15, -0.1) is 0 Å². The van der Waals surface area contributed by atoms with Crippen LogP contribution < -0.4 is 5.32 Å². The first kappa shape index (κ1) is 19.8. The fourth-order valence-electron chi connectivity index (χ4n) is 3.14. The first-order valence-electron chi connectivity index (χ1n) is 8.58. The third-order valence-electron chi connectivity index (χ3n) is 4.55. The average molecular weight is 398 g/mol. The molecule has 29 heavy (non-hydrogen) atoms. The van der Waals surface area contributed by atoms with Crippen LogP contribution in [0.25, 0.3) is 11.8 Å². The summed E-state index contributed by atoms with van der Waals surface area (Å²) in [5, 5.41) is 13.5. The van der Waals surface area contributed by atoms with Crippen molar-refractivity contribution in [3.63, 3.8) is 0 Å². The lowest BCUT2D eigenvalue weighted by Gasteiger charge is -2.09. The Balaban J connectivity index is 1.96. The normalized spacial score (nSPS) is 15.0. The Morgan fingerprint density at radius 1 is 1.28 bits per heavy atom. The van der Waals surface area contributed by atoms with Crippen LogP contribution in [0.2, 0.25) is 0 Å². The lowest BCUT2D eigenvalue weighted by molar-refractivity contribution is -0.384. The van der Waals surface area contributed by atoms with Gasteiger partial charge in [-0.2, -0.15) is 0 Å². The smallest absolute Gasteiger partial charge is 0.329 e. The van der Waals surface area contributed by atoms with Crippen LogP contribution in [0.5, 0.6) is 0 Å². The minimum Gasteiger partial charge on any atom is -0.468 e. The van der Waals surface area contributed by atoms with E-state index < -0.39 is 29.4 Å². The number of imide groups is 1. The van der Waals surface area contributed by atoms with Crippen molar-refractivity contribution in [1.29, 1.82) is 0 Å². The number of carbonyl (C=O) groups excluding carboxylic acids is 3. The molecule has 0 saturated carbocycles. The molecule has 10 heteroatoms. The van der Waals surface area contributed by atoms with Gasteiger partial charge in [0.05, 0.1) is 17.7 Å². The number of nitrogens with zero attached hydrogens (tertiary/aromatic N) is 3. The van der Waals surface area contributed by atoms with E-state index in [0.29, 0.717) is 11.3 Å². The van der Waals surface area contributed by atoms with Gasteiger partial charge in [-0.1, -0.05) is 6.07 Å². The van der Waals surface area contributed by atoms with E-state index in [9.17, 15) is 24.5 Å². The van der Waals surface area contributed by atoms with Crippen molar-refractivity contribution in [2.24, 2.45) is 0 Å². The number of benzene rings is 1. The Labute approximate surface area is 165 Å². The van der Waals surface area contributed by atoms with E-state index in [2.05, 4.69) is 10.1 Å². The topological polar surface area (TPSA) is 124 Å². The summed E-state index contributed by atoms with van der Waals surface area (Å²) in [6, 6.07) is 7.28. The van der Waals surface area contributed by atoms with Crippen LogP contribution in [-0.4, -0.2) is 46.0 Å². The summed E-state index contributed by atoms with van der Waals surface area (Å²) < 4.78 is 6.30. The Morgan fingerprint density at radius 3 is 2.66 bits per heavy atom. The largest absolute Gasteiger partial charge is 0.468 e. The second-order valence-corrected chi connectivity index (χ2v) is 6.39. The number of nitrogens with one attached hydrogen (secondary N) is 1. The van der Waals surface area contributed by atoms with Crippen molar-refractivity contribution < 1.29 is 24.0 Å². The molecule has 1 aromatic carbocycles. The number of aromatic nitrogens is 1. The molecule has 0 spiro atoms. The molecular weight excluding hydrogens is 380 g/mol. The Morgan fingerprint density at radius 2 is 2.00 bits per heavy atom. The molecule has 0 atom stereocenters. The van der Waals surface area contributed by atoms with Crippen LogP contribution in [-0.2, 0) is 14.3 Å². The molecule has 1 N–H and O–H groups in total. The molecule has 3 rings (SSSR count). The first-order chi connectivity index (χ1) is 13.7. The minimum absolute atomic E-state index is 0.0261. The molecule has 1 fully saturated rings. The summed E-state index contributed by atoms with van der Waals surface area (Å²) in [5.41, 5.74) is 2.76. The van der Waals surface area contributed by atoms with Gasteiger partial charge in [0.25, 0.3) is 11.6 Å². The standard InChI is InChI=1S/C19H18N4O6/c1-11-7-13(8-16-18(25)21(19(26)20-16)10-17(24)29-3)12(2)22(11)14-5-4-6-15(9-14)23(27)28/h4-9H,10H2,1-3H3,(H,20,26)/b16-8+. The van der Waals surface area contributed by atoms with Gasteiger partial charge < -0.3 is 14.6 Å². The van der Waals surface area contributed by atoms with Crippen LogP contribution in [0, 0.1) is 24.0 Å². The fraction of sp³-hybridized carbons (Fsp3) is 0.211. The SMILES string of the molecule is COC(=O)CN1C(=O)N/C(=C/c2cc(C)n(-c3cccc([N+](=O)[O-])c3)c2C)C1=O. The van der Waals surface area contributed by atoms with E-state index in [1.165, 1.54) is 25.3 Å². The van der Waals surface area contributed by atoms with E-state index in [0.717, 1.165) is 16.3 Å². The van der Waals surface area contributed by atoms with Gasteiger partial charge >= 0.3 is 12.0 Å². The highest BCUT2D eigenvalue weighted by Gasteiger charge is 2.35. The average Bonchev–Trinajstić information content (AvgIpc) is 3.11. The van der Waals surface area contributed by atoms with Gasteiger partial charge in [0.1, 0.15) is 12.2 Å². The van der Waals surface area contributed by atoms with Gasteiger partial charge in [0, 0.05) is 23.5 Å². The van der Waals surface area contributed by atoms with Crippen molar-refractivity contribution in [2.75, 3.05) is 13.7 Å². The lowest BCUT2D eigenvalue weighted by Crippen LogP contribution is -2.36. The Hall–Kier alpha value is -3.95. The number of hydrogen-bond donors (Lipinski definition) is 1. The zero-order valence-corrected chi connectivity index (χ0v) is 16.0. The second kappa shape index (κ2) is 7.58. The lowest BCUT2D eigenvalue weighted by atomic mass is 10.2. The number of non-ortho nitro benzene ring substituents is 1. The molecule has 1 aliphatic heterocycles. The van der Waals surface area contributed by atoms with Crippen molar-refractivity contribution >= 4 is 29.7 Å². The van der Waals surface area contributed by atoms with Gasteiger partial charge in [0.2, 0.25) is 0 Å². The Bertz CT molecular complexity index is 1070. The molecule has 2 aromatic rings. The fourth-order valence-corrected chi connectivity index (χ4v) is 3.14. The number of aryl methyl sites for hydroxylation is 1. The third-order valence-corrected chi connectivity index (χ3v) is 4.55. The van der Waals surface area contributed by atoms with Crippen LogP contribution >= 0.6 is 0 Å². The Kier molecular flexibility index (Phi) is 5.18. The summed E-state index contributed by atoms with van der Waals surface area (Å²) in [7, 11) is 1.17. The maximum Gasteiger partial charge on any atom is 0.329 e. The number of esters is 1. The monoisotopic (exact) mass is 398 g/mol. The molecule has 1 saturated heterocycles. The van der Waals surface area contributed by atoms with Crippen LogP contribution in [0.1, 0.15) is 17.0 Å².